The number of rotatable bonds is 15. The molecule has 0 radical (unpaired) electrons. The predicted octanol–water partition coefficient (Wildman–Crippen LogP) is 11.0. The van der Waals surface area contributed by atoms with Crippen molar-refractivity contribution < 1.29 is 67.3 Å². The van der Waals surface area contributed by atoms with Gasteiger partial charge in [-0.3, -0.25) is 14.4 Å². The van der Waals surface area contributed by atoms with Crippen LogP contribution in [0, 0.1) is 26.6 Å². The molecule has 16 heteroatoms. The first-order valence-electron chi connectivity index (χ1n) is 40.8. The molecule has 3 amide bonds. The lowest BCUT2D eigenvalue weighted by atomic mass is 9.89. The summed E-state index contributed by atoms with van der Waals surface area (Å²) in [5.41, 5.74) is 7.54. The lowest BCUT2D eigenvalue weighted by molar-refractivity contribution is -0.116. The third-order valence-electron chi connectivity index (χ3n) is 16.7. The van der Waals surface area contributed by atoms with Crippen LogP contribution < -0.4 is 44.9 Å². The van der Waals surface area contributed by atoms with E-state index in [1.54, 1.807) is 66.7 Å². The minimum Gasteiger partial charge on any atom is -0.494 e. The van der Waals surface area contributed by atoms with Crippen molar-refractivity contribution in [2.45, 2.75) is 102 Å². The summed E-state index contributed by atoms with van der Waals surface area (Å²) in [6.07, 6.45) is -8.53. The molecule has 9 aliphatic rings. The Balaban J connectivity index is 0.000000155. The number of piperidine rings is 3. The van der Waals surface area contributed by atoms with E-state index in [0.717, 1.165) is 45.5 Å². The quantitative estimate of drug-likeness (QED) is 0.0904. The average Bonchev–Trinajstić information content (AvgIpc) is 1.55. The van der Waals surface area contributed by atoms with Crippen molar-refractivity contribution in [1.29, 1.82) is 0 Å². The van der Waals surface area contributed by atoms with Gasteiger partial charge in [0.1, 0.15) is 23.1 Å². The van der Waals surface area contributed by atoms with E-state index < -0.39 is 142 Å². The fourth-order valence-electron chi connectivity index (χ4n) is 12.9. The van der Waals surface area contributed by atoms with Gasteiger partial charge in [0.05, 0.1) is 91.2 Å². The molecular formula is C70H84FN9O6. The first kappa shape index (κ1) is 35.8. The Kier molecular flexibility index (Phi) is 10.7. The van der Waals surface area contributed by atoms with E-state index in [-0.39, 0.29) is 95.4 Å². The van der Waals surface area contributed by atoms with Crippen LogP contribution in [0.2, 0.25) is 0 Å². The van der Waals surface area contributed by atoms with Crippen LogP contribution in [0.4, 0.5) is 38.5 Å². The second kappa shape index (κ2) is 25.7. The van der Waals surface area contributed by atoms with Crippen LogP contribution in [0.15, 0.2) is 121 Å². The topological polar surface area (TPSA) is 134 Å². The van der Waals surface area contributed by atoms with Gasteiger partial charge in [-0.1, -0.05) is 79.2 Å². The van der Waals surface area contributed by atoms with Gasteiger partial charge in [-0.15, -0.1) is 0 Å². The fraction of sp³-hybridized carbons (Fsp3) is 0.443. The molecule has 0 aliphatic carbocycles. The first-order chi connectivity index (χ1) is 51.0. The van der Waals surface area contributed by atoms with E-state index in [2.05, 4.69) is 20.9 Å². The number of anilines is 6. The second-order valence-electron chi connectivity index (χ2n) is 22.1. The number of nitrogens with zero attached hydrogens (tertiary/aromatic N) is 6. The maximum atomic E-state index is 14.1. The van der Waals surface area contributed by atoms with Crippen molar-refractivity contribution >= 4 is 51.8 Å². The van der Waals surface area contributed by atoms with Crippen molar-refractivity contribution in [2.75, 3.05) is 129 Å². The molecule has 9 aliphatic heterocycles. The standard InChI is InChI=1S/C23H26FN3O2.2C23H27N3O2.CH4/c1-15-12-16(6-7-19(15)24)29-11-3-9-26-10-8-21-18(13-26)17-4-2-5-20-23(17)27(21)14-22(28)25-20;2*1-16-6-8-17(9-7-16)28-13-3-11-25-12-10-21-19(14-25)18-4-2-5-20-23(18)26(21)15-22(27)24-20;/h2,4-7,12,18,21H,3,8-11,13-14H2,1H3,(H,25,28);2*2,4-9,19,21H,3,10-15H2,1H3,(H,24,27);1H4/t18-,21-;2*19-,21-;/m000./s1/i3D2,6D,7D,9D2,11D2,12D,14D2;3D2,11D2,13D2,15D2;3D2,11D2,13D2;. The van der Waals surface area contributed by atoms with Crippen LogP contribution in [0.3, 0.4) is 0 Å². The summed E-state index contributed by atoms with van der Waals surface area (Å²) < 4.78 is 241. The lowest BCUT2D eigenvalue weighted by Gasteiger charge is -2.39. The molecule has 0 spiro atoms. The lowest BCUT2D eigenvalue weighted by Crippen LogP contribution is -2.49. The van der Waals surface area contributed by atoms with Gasteiger partial charge in [0, 0.05) is 111 Å². The zero-order chi connectivity index (χ0) is 80.5. The van der Waals surface area contributed by atoms with Crippen molar-refractivity contribution in [2.24, 2.45) is 0 Å². The molecule has 0 bridgehead atoms. The highest BCUT2D eigenvalue weighted by atomic mass is 19.1. The molecule has 9 heterocycles. The van der Waals surface area contributed by atoms with Crippen molar-refractivity contribution in [3.8, 4) is 17.2 Å². The zero-order valence-corrected chi connectivity index (χ0v) is 46.9. The van der Waals surface area contributed by atoms with Gasteiger partial charge in [0.25, 0.3) is 0 Å². The molecule has 86 heavy (non-hydrogen) atoms. The van der Waals surface area contributed by atoms with E-state index in [1.807, 2.05) is 38.1 Å². The number of benzene rings is 6. The summed E-state index contributed by atoms with van der Waals surface area (Å²) in [5, 5.41) is 8.08. The summed E-state index contributed by atoms with van der Waals surface area (Å²) in [5.74, 6) is -4.53. The maximum Gasteiger partial charge on any atom is 0.243 e. The van der Waals surface area contributed by atoms with E-state index in [9.17, 15) is 18.8 Å². The van der Waals surface area contributed by atoms with Crippen LogP contribution >= 0.6 is 0 Å². The Hall–Kier alpha value is -7.66. The van der Waals surface area contributed by atoms with Crippen molar-refractivity contribution in [3.05, 3.63) is 160 Å². The van der Waals surface area contributed by atoms with Crippen molar-refractivity contribution in [1.82, 2.24) is 14.7 Å². The molecule has 6 aromatic carbocycles. The van der Waals surface area contributed by atoms with Gasteiger partial charge in [-0.25, -0.2) is 4.39 Å². The summed E-state index contributed by atoms with van der Waals surface area (Å²) in [4.78, 5) is 45.9. The first-order valence-corrected chi connectivity index (χ1v) is 28.3. The Bertz CT molecular complexity index is 4630. The fourth-order valence-corrected chi connectivity index (χ4v) is 12.9. The number of amides is 3. The Morgan fingerprint density at radius 3 is 1.34 bits per heavy atom. The summed E-state index contributed by atoms with van der Waals surface area (Å²) >= 11 is 0. The number of para-hydroxylation sites is 3. The Labute approximate surface area is 541 Å². The van der Waals surface area contributed by atoms with Gasteiger partial charge in [0.15, 0.2) is 0 Å². The van der Waals surface area contributed by atoms with Gasteiger partial charge >= 0.3 is 0 Å². The number of hydrogen-bond acceptors (Lipinski definition) is 12. The summed E-state index contributed by atoms with van der Waals surface area (Å²) in [6, 6.07) is 25.4. The number of nitrogens with one attached hydrogen (secondary N) is 3. The highest BCUT2D eigenvalue weighted by molar-refractivity contribution is 6.05. The van der Waals surface area contributed by atoms with Crippen LogP contribution in [0.25, 0.3) is 0 Å². The van der Waals surface area contributed by atoms with E-state index in [0.29, 0.717) is 34.7 Å². The van der Waals surface area contributed by atoms with Crippen LogP contribution in [-0.4, -0.2) is 149 Å². The molecule has 0 unspecified atom stereocenters. The normalized spacial score (nSPS) is 29.7. The van der Waals surface area contributed by atoms with Crippen LogP contribution in [0.1, 0.15) is 131 Å². The largest absolute Gasteiger partial charge is 0.494 e. The van der Waals surface area contributed by atoms with Gasteiger partial charge in [0.2, 0.25) is 17.7 Å². The summed E-state index contributed by atoms with van der Waals surface area (Å²) in [7, 11) is 0. The molecule has 15 nitrogen and oxygen atoms in total. The molecule has 0 aromatic heterocycles. The molecular weight excluding hydrogens is 1080 g/mol. The highest BCUT2D eigenvalue weighted by Gasteiger charge is 2.48. The highest BCUT2D eigenvalue weighted by Crippen LogP contribution is 2.52. The SMILES string of the molecule is C.[2H]C([2H])(Oc1ccc(C)cc1)C([2H])([2H])C([2H])([2H])N1CC[C@H]2[C@@H](C1)c1cccc3c1N2CC(=O)N3.[2H]C1([2H])C(=O)Nc2cccc3c2N1[C@H]1CCN(C([2H])([2H])C([2H])([2H])C([2H])([2H])Oc2ccc(C)cc2)C[C@@H]31.[2H]c1c([2H])c(OC([2H])([2H])C([2H])([2H])C([2H])([2H])N2CC[C@H]3[C@@H](C2)c2cccc4c2N3C([2H])([2H])C(=O)N4)c([2H])c(C)c1F. The Morgan fingerprint density at radius 1 is 0.523 bits per heavy atom. The number of halogens is 1. The minimum atomic E-state index is -3.47. The number of aryl methyl sites for hydroxylation is 2. The molecule has 3 saturated heterocycles. The molecule has 15 rings (SSSR count). The number of carbonyl (C=O) groups is 3. The van der Waals surface area contributed by atoms with Gasteiger partial charge < -0.3 is 59.6 Å². The van der Waals surface area contributed by atoms with Gasteiger partial charge in [-0.2, -0.15) is 0 Å². The number of likely N-dealkylation sites (tertiary alicyclic amines) is 3. The smallest absolute Gasteiger partial charge is 0.243 e. The summed E-state index contributed by atoms with van der Waals surface area (Å²) in [6.45, 7) is -17.1. The third-order valence-corrected chi connectivity index (χ3v) is 16.7. The molecule has 6 aromatic rings. The van der Waals surface area contributed by atoms with Gasteiger partial charge in [-0.05, 0) is 142 Å². The Morgan fingerprint density at radius 2 is 0.907 bits per heavy atom. The molecule has 452 valence electrons. The van der Waals surface area contributed by atoms with E-state index in [1.165, 1.54) is 31.7 Å². The molecule has 6 atom stereocenters. The third kappa shape index (κ3) is 12.3. The monoisotopic (exact) mass is 1190 g/mol. The van der Waals surface area contributed by atoms with Crippen molar-refractivity contribution in [3.63, 3.8) is 0 Å². The van der Waals surface area contributed by atoms with Crippen LogP contribution in [0.5, 0.6) is 17.2 Å². The second-order valence-corrected chi connectivity index (χ2v) is 22.1. The zero-order valence-electron chi connectivity index (χ0n) is 71.9. The molecule has 3 N–H and O–H groups in total. The van der Waals surface area contributed by atoms with Crippen LogP contribution in [-0.2, 0) is 14.4 Å². The number of ether oxygens (including phenoxy) is 3. The predicted molar refractivity (Wildman–Crippen MR) is 341 cm³/mol. The minimum absolute atomic E-state index is 0. The number of fused-ring (bicyclic) bond motifs is 9. The average molecular weight is 1190 g/mol. The number of hydrogen-bond donors (Lipinski definition) is 3. The number of carbonyl (C=O) groups excluding carboxylic acids is 3. The van der Waals surface area contributed by atoms with E-state index in [4.69, 9.17) is 48.5 Å². The maximum absolute atomic E-state index is 14.1. The van der Waals surface area contributed by atoms with E-state index >= 15 is 0 Å². The molecule has 0 saturated carbocycles. The molecule has 3 fully saturated rings.